The first kappa shape index (κ1) is 14.3. The lowest BCUT2D eigenvalue weighted by atomic mass is 10.2. The highest BCUT2D eigenvalue weighted by Gasteiger charge is 2.24. The second-order valence-electron chi connectivity index (χ2n) is 5.06. The topological polar surface area (TPSA) is 61.6 Å². The van der Waals surface area contributed by atoms with Crippen molar-refractivity contribution in [2.24, 2.45) is 0 Å². The first-order valence-electron chi connectivity index (χ1n) is 6.70. The maximum Gasteiger partial charge on any atom is 0.187 e. The van der Waals surface area contributed by atoms with Gasteiger partial charge in [0.25, 0.3) is 0 Å². The Balaban J connectivity index is 1.83. The molecule has 1 aliphatic carbocycles. The van der Waals surface area contributed by atoms with Gasteiger partial charge in [-0.2, -0.15) is 5.26 Å². The van der Waals surface area contributed by atoms with Gasteiger partial charge in [0.1, 0.15) is 0 Å². The van der Waals surface area contributed by atoms with Crippen LogP contribution < -0.4 is 5.32 Å². The van der Waals surface area contributed by atoms with Crippen molar-refractivity contribution in [2.75, 3.05) is 5.75 Å². The summed E-state index contributed by atoms with van der Waals surface area (Å²) in [6, 6.07) is 2.87. The summed E-state index contributed by atoms with van der Waals surface area (Å²) in [5.74, 6) is 0.875. The van der Waals surface area contributed by atoms with Crippen molar-refractivity contribution in [1.29, 1.82) is 5.26 Å². The van der Waals surface area contributed by atoms with E-state index in [0.717, 1.165) is 34.3 Å². The number of nitrogens with zero attached hydrogens (tertiary/aromatic N) is 3. The number of nitriles is 1. The summed E-state index contributed by atoms with van der Waals surface area (Å²) >= 11 is 1.64. The monoisotopic (exact) mass is 276 g/mol. The number of aryl methyl sites for hydroxylation is 2. The fraction of sp³-hybridized carbons (Fsp3) is 0.643. The van der Waals surface area contributed by atoms with E-state index in [1.165, 1.54) is 12.8 Å². The smallest absolute Gasteiger partial charge is 0.187 e. The minimum Gasteiger partial charge on any atom is -0.299 e. The summed E-state index contributed by atoms with van der Waals surface area (Å²) < 4.78 is 0. The van der Waals surface area contributed by atoms with E-state index in [9.17, 15) is 0 Å². The minimum atomic E-state index is -0.0346. The maximum absolute atomic E-state index is 9.07. The highest BCUT2D eigenvalue weighted by atomic mass is 32.2. The van der Waals surface area contributed by atoms with Crippen LogP contribution in [0.15, 0.2) is 5.16 Å². The van der Waals surface area contributed by atoms with E-state index >= 15 is 0 Å². The molecule has 0 bridgehead atoms. The zero-order valence-corrected chi connectivity index (χ0v) is 12.5. The Morgan fingerprint density at radius 3 is 2.47 bits per heavy atom. The summed E-state index contributed by atoms with van der Waals surface area (Å²) in [7, 11) is 0. The first-order valence-corrected chi connectivity index (χ1v) is 7.69. The van der Waals surface area contributed by atoms with E-state index in [1.807, 2.05) is 20.8 Å². The Hall–Kier alpha value is -1.12. The van der Waals surface area contributed by atoms with Crippen molar-refractivity contribution >= 4 is 11.8 Å². The molecule has 0 aliphatic heterocycles. The lowest BCUT2D eigenvalue weighted by molar-refractivity contribution is 0.587. The number of hydrogen-bond donors (Lipinski definition) is 1. The molecule has 1 fully saturated rings. The van der Waals surface area contributed by atoms with Gasteiger partial charge >= 0.3 is 0 Å². The molecule has 0 radical (unpaired) electrons. The average Bonchev–Trinajstić information content (AvgIpc) is 3.18. The fourth-order valence-electron chi connectivity index (χ4n) is 1.79. The third-order valence-electron chi connectivity index (χ3n) is 3.42. The van der Waals surface area contributed by atoms with Crippen LogP contribution in [0.3, 0.4) is 0 Å². The molecule has 19 heavy (non-hydrogen) atoms. The van der Waals surface area contributed by atoms with Crippen LogP contribution in [0.5, 0.6) is 0 Å². The van der Waals surface area contributed by atoms with Gasteiger partial charge in [0.05, 0.1) is 12.1 Å². The molecule has 1 aliphatic rings. The zero-order valence-electron chi connectivity index (χ0n) is 11.7. The second-order valence-corrected chi connectivity index (χ2v) is 6.12. The van der Waals surface area contributed by atoms with Crippen LogP contribution in [0.4, 0.5) is 0 Å². The lowest BCUT2D eigenvalue weighted by Gasteiger charge is -2.10. The van der Waals surface area contributed by atoms with E-state index in [0.29, 0.717) is 6.04 Å². The second kappa shape index (κ2) is 6.36. The van der Waals surface area contributed by atoms with Gasteiger partial charge < -0.3 is 0 Å². The molecule has 0 spiro atoms. The van der Waals surface area contributed by atoms with Crippen molar-refractivity contribution in [3.63, 3.8) is 0 Å². The lowest BCUT2D eigenvalue weighted by Crippen LogP contribution is -2.29. The van der Waals surface area contributed by atoms with E-state index in [2.05, 4.69) is 21.4 Å². The summed E-state index contributed by atoms with van der Waals surface area (Å²) in [6.07, 6.45) is 3.27. The van der Waals surface area contributed by atoms with Crippen molar-refractivity contribution in [3.05, 3.63) is 17.0 Å². The van der Waals surface area contributed by atoms with Crippen LogP contribution in [0.1, 0.15) is 36.2 Å². The summed E-state index contributed by atoms with van der Waals surface area (Å²) in [4.78, 5) is 8.96. The van der Waals surface area contributed by atoms with Crippen molar-refractivity contribution in [2.45, 2.75) is 57.3 Å². The number of hydrogen-bond acceptors (Lipinski definition) is 5. The SMILES string of the molecule is Cc1nc(SCCC(C#N)NC2CC2)nc(C)c1C. The molecule has 0 saturated heterocycles. The van der Waals surface area contributed by atoms with Gasteiger partial charge in [-0.1, -0.05) is 11.8 Å². The molecule has 2 rings (SSSR count). The molecular weight excluding hydrogens is 256 g/mol. The van der Waals surface area contributed by atoms with Gasteiger partial charge in [-0.25, -0.2) is 9.97 Å². The Morgan fingerprint density at radius 1 is 1.32 bits per heavy atom. The maximum atomic E-state index is 9.07. The van der Waals surface area contributed by atoms with Crippen LogP contribution in [-0.2, 0) is 0 Å². The highest BCUT2D eigenvalue weighted by molar-refractivity contribution is 7.99. The number of thioether (sulfide) groups is 1. The molecule has 1 heterocycles. The normalized spacial score (nSPS) is 16.1. The van der Waals surface area contributed by atoms with Gasteiger partial charge in [0, 0.05) is 23.2 Å². The van der Waals surface area contributed by atoms with Gasteiger partial charge in [-0.3, -0.25) is 5.32 Å². The molecule has 1 atom stereocenters. The fourth-order valence-corrected chi connectivity index (χ4v) is 2.73. The minimum absolute atomic E-state index is 0.0346. The molecule has 102 valence electrons. The van der Waals surface area contributed by atoms with Crippen LogP contribution in [-0.4, -0.2) is 27.8 Å². The van der Waals surface area contributed by atoms with Gasteiger partial charge in [-0.15, -0.1) is 0 Å². The average molecular weight is 276 g/mol. The van der Waals surface area contributed by atoms with E-state index in [1.54, 1.807) is 11.8 Å². The van der Waals surface area contributed by atoms with E-state index in [-0.39, 0.29) is 6.04 Å². The summed E-state index contributed by atoms with van der Waals surface area (Å²) in [5, 5.41) is 13.2. The van der Waals surface area contributed by atoms with Crippen LogP contribution in [0.2, 0.25) is 0 Å². The predicted molar refractivity (Wildman–Crippen MR) is 77.1 cm³/mol. The van der Waals surface area contributed by atoms with E-state index < -0.39 is 0 Å². The predicted octanol–water partition coefficient (Wildman–Crippen LogP) is 2.53. The van der Waals surface area contributed by atoms with Crippen LogP contribution >= 0.6 is 11.8 Å². The van der Waals surface area contributed by atoms with Crippen molar-refractivity contribution in [3.8, 4) is 6.07 Å². The molecular formula is C14H20N4S. The zero-order chi connectivity index (χ0) is 13.8. The summed E-state index contributed by atoms with van der Waals surface area (Å²) in [5.41, 5.74) is 3.25. The third kappa shape index (κ3) is 4.19. The molecule has 0 amide bonds. The molecule has 1 unspecified atom stereocenters. The Kier molecular flexibility index (Phi) is 4.78. The van der Waals surface area contributed by atoms with Crippen molar-refractivity contribution in [1.82, 2.24) is 15.3 Å². The molecule has 1 aromatic heterocycles. The van der Waals surface area contributed by atoms with E-state index in [4.69, 9.17) is 5.26 Å². The first-order chi connectivity index (χ1) is 9.10. The number of nitrogens with one attached hydrogen (secondary N) is 1. The highest BCUT2D eigenvalue weighted by Crippen LogP contribution is 2.21. The quantitative estimate of drug-likeness (QED) is 0.639. The summed E-state index contributed by atoms with van der Waals surface area (Å²) in [6.45, 7) is 6.08. The van der Waals surface area contributed by atoms with Crippen molar-refractivity contribution < 1.29 is 0 Å². The van der Waals surface area contributed by atoms with Gasteiger partial charge in [-0.05, 0) is 45.6 Å². The molecule has 1 saturated carbocycles. The standard InChI is InChI=1S/C14H20N4S/c1-9-10(2)16-14(17-11(9)3)19-7-6-13(8-15)18-12-4-5-12/h12-13,18H,4-7H2,1-3H3. The Bertz CT molecular complexity index is 468. The molecule has 1 N–H and O–H groups in total. The molecule has 5 heteroatoms. The van der Waals surface area contributed by atoms with Crippen LogP contribution in [0.25, 0.3) is 0 Å². The largest absolute Gasteiger partial charge is 0.299 e. The van der Waals surface area contributed by atoms with Gasteiger partial charge in [0.15, 0.2) is 5.16 Å². The molecule has 0 aromatic carbocycles. The number of rotatable bonds is 6. The molecule has 1 aromatic rings. The third-order valence-corrected chi connectivity index (χ3v) is 4.30. The van der Waals surface area contributed by atoms with Crippen LogP contribution in [0, 0.1) is 32.1 Å². The van der Waals surface area contributed by atoms with Gasteiger partial charge in [0.2, 0.25) is 0 Å². The Labute approximate surface area is 119 Å². The number of aromatic nitrogens is 2. The Morgan fingerprint density at radius 2 is 1.95 bits per heavy atom. The molecule has 4 nitrogen and oxygen atoms in total.